The molecule has 2 rings (SSSR count). The molecule has 0 radical (unpaired) electrons. The Morgan fingerprint density at radius 3 is 3.00 bits per heavy atom. The number of para-hydroxylation sites is 1. The maximum absolute atomic E-state index is 12.5. The zero-order chi connectivity index (χ0) is 14.4. The van der Waals surface area contributed by atoms with Gasteiger partial charge in [-0.15, -0.1) is 0 Å². The van der Waals surface area contributed by atoms with Gasteiger partial charge in [-0.3, -0.25) is 9.69 Å². The number of hydrogen-bond acceptors (Lipinski definition) is 3. The number of aryl methyl sites for hydroxylation is 1. The van der Waals surface area contributed by atoms with Gasteiger partial charge in [-0.2, -0.15) is 0 Å². The van der Waals surface area contributed by atoms with Gasteiger partial charge >= 0.3 is 0 Å². The number of fused-ring (bicyclic) bond motifs is 1. The number of carbonyl (C=O) groups is 1. The van der Waals surface area contributed by atoms with Gasteiger partial charge in [-0.05, 0) is 58.1 Å². The number of hydrogen-bond donors (Lipinski definition) is 1. The Kier molecular flexibility index (Phi) is 5.56. The normalized spacial score (nSPS) is 14.4. The van der Waals surface area contributed by atoms with E-state index in [0.717, 1.165) is 44.6 Å². The standard InChI is InChI=1S/C16H25N3O/c1-17-10-6-11-18(2)13-16(20)19-12-5-8-14-7-3-4-9-15(14)19/h3-4,7,9,17H,5-6,8,10-13H2,1-2H3. The molecular weight excluding hydrogens is 250 g/mol. The van der Waals surface area contributed by atoms with Crippen LogP contribution in [0.5, 0.6) is 0 Å². The van der Waals surface area contributed by atoms with Gasteiger partial charge in [-0.1, -0.05) is 18.2 Å². The maximum atomic E-state index is 12.5. The molecule has 0 aliphatic carbocycles. The minimum atomic E-state index is 0.212. The van der Waals surface area contributed by atoms with Crippen LogP contribution in [-0.4, -0.2) is 51.1 Å². The first-order valence-corrected chi connectivity index (χ1v) is 7.44. The Labute approximate surface area is 121 Å². The van der Waals surface area contributed by atoms with Gasteiger partial charge in [-0.25, -0.2) is 0 Å². The van der Waals surface area contributed by atoms with E-state index in [4.69, 9.17) is 0 Å². The minimum absolute atomic E-state index is 0.212. The van der Waals surface area contributed by atoms with Crippen molar-refractivity contribution in [2.45, 2.75) is 19.3 Å². The molecule has 1 amide bonds. The molecule has 0 bridgehead atoms. The van der Waals surface area contributed by atoms with Crippen molar-refractivity contribution in [3.05, 3.63) is 29.8 Å². The second-order valence-corrected chi connectivity index (χ2v) is 5.47. The van der Waals surface area contributed by atoms with Crippen LogP contribution < -0.4 is 10.2 Å². The number of nitrogens with zero attached hydrogens (tertiary/aromatic N) is 2. The van der Waals surface area contributed by atoms with E-state index in [1.54, 1.807) is 0 Å². The van der Waals surface area contributed by atoms with Crippen LogP contribution in [0.2, 0.25) is 0 Å². The summed E-state index contributed by atoms with van der Waals surface area (Å²) >= 11 is 0. The van der Waals surface area contributed by atoms with Gasteiger partial charge in [0.25, 0.3) is 0 Å². The second kappa shape index (κ2) is 7.41. The first-order valence-electron chi connectivity index (χ1n) is 7.44. The van der Waals surface area contributed by atoms with Gasteiger partial charge in [0.2, 0.25) is 5.91 Å². The molecule has 4 nitrogen and oxygen atoms in total. The van der Waals surface area contributed by atoms with E-state index in [2.05, 4.69) is 28.4 Å². The molecule has 0 fully saturated rings. The van der Waals surface area contributed by atoms with Crippen molar-refractivity contribution >= 4 is 11.6 Å². The topological polar surface area (TPSA) is 35.6 Å². The zero-order valence-electron chi connectivity index (χ0n) is 12.6. The van der Waals surface area contributed by atoms with Crippen molar-refractivity contribution in [3.63, 3.8) is 0 Å². The van der Waals surface area contributed by atoms with E-state index in [0.29, 0.717) is 6.54 Å². The molecule has 0 saturated carbocycles. The summed E-state index contributed by atoms with van der Waals surface area (Å²) in [6.45, 7) is 3.28. The highest BCUT2D eigenvalue weighted by Crippen LogP contribution is 2.26. The lowest BCUT2D eigenvalue weighted by Gasteiger charge is -2.31. The molecule has 0 aromatic heterocycles. The molecule has 0 atom stereocenters. The lowest BCUT2D eigenvalue weighted by molar-refractivity contribution is -0.119. The molecular formula is C16H25N3O. The van der Waals surface area contributed by atoms with Crippen LogP contribution in [0.3, 0.4) is 0 Å². The van der Waals surface area contributed by atoms with Crippen LogP contribution in [0.1, 0.15) is 18.4 Å². The van der Waals surface area contributed by atoms with Crippen molar-refractivity contribution in [3.8, 4) is 0 Å². The Balaban J connectivity index is 1.93. The molecule has 110 valence electrons. The molecule has 1 heterocycles. The summed E-state index contributed by atoms with van der Waals surface area (Å²) in [5.74, 6) is 0.212. The number of anilines is 1. The van der Waals surface area contributed by atoms with Crippen LogP contribution in [0, 0.1) is 0 Å². The molecule has 1 aliphatic heterocycles. The number of amides is 1. The third-order valence-electron chi connectivity index (χ3n) is 3.78. The van der Waals surface area contributed by atoms with Gasteiger partial charge in [0.15, 0.2) is 0 Å². The van der Waals surface area contributed by atoms with Crippen LogP contribution in [-0.2, 0) is 11.2 Å². The van der Waals surface area contributed by atoms with Crippen molar-refractivity contribution < 1.29 is 4.79 Å². The number of rotatable bonds is 6. The summed E-state index contributed by atoms with van der Waals surface area (Å²) in [5, 5.41) is 3.13. The molecule has 1 N–H and O–H groups in total. The monoisotopic (exact) mass is 275 g/mol. The smallest absolute Gasteiger partial charge is 0.241 e. The molecule has 1 aliphatic rings. The summed E-state index contributed by atoms with van der Waals surface area (Å²) in [7, 11) is 3.97. The van der Waals surface area contributed by atoms with Crippen molar-refractivity contribution in [1.29, 1.82) is 0 Å². The van der Waals surface area contributed by atoms with Crippen molar-refractivity contribution in [2.24, 2.45) is 0 Å². The summed E-state index contributed by atoms with van der Waals surface area (Å²) in [4.78, 5) is 16.5. The van der Waals surface area contributed by atoms with Crippen LogP contribution in [0.25, 0.3) is 0 Å². The van der Waals surface area contributed by atoms with E-state index in [9.17, 15) is 4.79 Å². The highest BCUT2D eigenvalue weighted by atomic mass is 16.2. The van der Waals surface area contributed by atoms with E-state index in [-0.39, 0.29) is 5.91 Å². The predicted octanol–water partition coefficient (Wildman–Crippen LogP) is 1.51. The lowest BCUT2D eigenvalue weighted by atomic mass is 10.0. The highest BCUT2D eigenvalue weighted by Gasteiger charge is 2.22. The van der Waals surface area contributed by atoms with E-state index in [1.807, 2.05) is 25.1 Å². The van der Waals surface area contributed by atoms with Gasteiger partial charge < -0.3 is 10.2 Å². The Hall–Kier alpha value is -1.39. The summed E-state index contributed by atoms with van der Waals surface area (Å²) in [5.41, 5.74) is 2.40. The average molecular weight is 275 g/mol. The van der Waals surface area contributed by atoms with Crippen LogP contribution in [0.15, 0.2) is 24.3 Å². The molecule has 1 aromatic carbocycles. The zero-order valence-corrected chi connectivity index (χ0v) is 12.6. The second-order valence-electron chi connectivity index (χ2n) is 5.47. The quantitative estimate of drug-likeness (QED) is 0.799. The number of likely N-dealkylation sites (N-methyl/N-ethyl adjacent to an activating group) is 1. The third-order valence-corrected chi connectivity index (χ3v) is 3.78. The first-order chi connectivity index (χ1) is 9.72. The Bertz CT molecular complexity index is 447. The number of benzene rings is 1. The van der Waals surface area contributed by atoms with Gasteiger partial charge in [0.1, 0.15) is 0 Å². The van der Waals surface area contributed by atoms with E-state index in [1.165, 1.54) is 5.56 Å². The lowest BCUT2D eigenvalue weighted by Crippen LogP contribution is -2.42. The Morgan fingerprint density at radius 1 is 1.40 bits per heavy atom. The fourth-order valence-corrected chi connectivity index (χ4v) is 2.71. The van der Waals surface area contributed by atoms with Crippen molar-refractivity contribution in [2.75, 3.05) is 45.2 Å². The minimum Gasteiger partial charge on any atom is -0.320 e. The summed E-state index contributed by atoms with van der Waals surface area (Å²) in [6, 6.07) is 8.26. The van der Waals surface area contributed by atoms with Gasteiger partial charge in [0.05, 0.1) is 6.54 Å². The summed E-state index contributed by atoms with van der Waals surface area (Å²) in [6.07, 6.45) is 3.21. The molecule has 4 heteroatoms. The summed E-state index contributed by atoms with van der Waals surface area (Å²) < 4.78 is 0. The third kappa shape index (κ3) is 3.81. The predicted molar refractivity (Wildman–Crippen MR) is 83.2 cm³/mol. The molecule has 1 aromatic rings. The van der Waals surface area contributed by atoms with E-state index < -0.39 is 0 Å². The molecule has 0 unspecified atom stereocenters. The molecule has 20 heavy (non-hydrogen) atoms. The van der Waals surface area contributed by atoms with Gasteiger partial charge in [0, 0.05) is 12.2 Å². The fourth-order valence-electron chi connectivity index (χ4n) is 2.71. The van der Waals surface area contributed by atoms with E-state index >= 15 is 0 Å². The number of carbonyl (C=O) groups excluding carboxylic acids is 1. The van der Waals surface area contributed by atoms with Crippen LogP contribution in [0.4, 0.5) is 5.69 Å². The largest absolute Gasteiger partial charge is 0.320 e. The average Bonchev–Trinajstić information content (AvgIpc) is 2.47. The fraction of sp³-hybridized carbons (Fsp3) is 0.562. The Morgan fingerprint density at radius 2 is 2.20 bits per heavy atom. The van der Waals surface area contributed by atoms with Crippen LogP contribution >= 0.6 is 0 Å². The SMILES string of the molecule is CNCCCN(C)CC(=O)N1CCCc2ccccc21. The van der Waals surface area contributed by atoms with Crippen molar-refractivity contribution in [1.82, 2.24) is 10.2 Å². The molecule has 0 saturated heterocycles. The first kappa shape index (κ1) is 15.0. The number of nitrogens with one attached hydrogen (secondary N) is 1. The highest BCUT2D eigenvalue weighted by molar-refractivity contribution is 5.95. The molecule has 0 spiro atoms. The maximum Gasteiger partial charge on any atom is 0.241 e.